The van der Waals surface area contributed by atoms with Crippen molar-refractivity contribution < 1.29 is 23.9 Å². The Balaban J connectivity index is 1.30. The van der Waals surface area contributed by atoms with E-state index in [-0.39, 0.29) is 19.4 Å². The molecule has 3 rings (SSSR count). The van der Waals surface area contributed by atoms with E-state index < -0.39 is 17.8 Å². The van der Waals surface area contributed by atoms with E-state index in [2.05, 4.69) is 10.9 Å². The predicted molar refractivity (Wildman–Crippen MR) is 129 cm³/mol. The van der Waals surface area contributed by atoms with Crippen LogP contribution >= 0.6 is 0 Å². The smallest absolute Gasteiger partial charge is 0.306 e. The molecule has 176 valence electrons. The lowest BCUT2D eigenvalue weighted by Gasteiger charge is -2.12. The Morgan fingerprint density at radius 2 is 1.35 bits per heavy atom. The van der Waals surface area contributed by atoms with Gasteiger partial charge in [-0.05, 0) is 30.0 Å². The summed E-state index contributed by atoms with van der Waals surface area (Å²) in [5, 5.41) is 0. The van der Waals surface area contributed by atoms with E-state index in [1.807, 2.05) is 78.9 Å². The van der Waals surface area contributed by atoms with Crippen LogP contribution in [0.3, 0.4) is 0 Å². The molecule has 0 aromatic heterocycles. The number of hydrogen-bond acceptors (Lipinski definition) is 5. The van der Waals surface area contributed by atoms with Crippen LogP contribution in [0.25, 0.3) is 11.1 Å². The maximum Gasteiger partial charge on any atom is 0.306 e. The van der Waals surface area contributed by atoms with Gasteiger partial charge >= 0.3 is 5.97 Å². The molecule has 2 N–H and O–H groups in total. The minimum Gasteiger partial charge on any atom is -0.483 e. The Morgan fingerprint density at radius 1 is 0.706 bits per heavy atom. The van der Waals surface area contributed by atoms with E-state index in [0.29, 0.717) is 18.8 Å². The molecule has 7 heteroatoms. The summed E-state index contributed by atoms with van der Waals surface area (Å²) in [6.07, 6.45) is 1.38. The molecule has 0 radical (unpaired) electrons. The zero-order chi connectivity index (χ0) is 24.0. The number of carbonyl (C=O) groups excluding carboxylic acids is 3. The summed E-state index contributed by atoms with van der Waals surface area (Å²) in [7, 11) is 0. The summed E-state index contributed by atoms with van der Waals surface area (Å²) >= 11 is 0. The standard InChI is InChI=1S/C27H28N2O5/c30-25(17-18-27(32)33-19-9-12-21-10-3-1-4-11-21)28-29-26(31)20-34-24-16-8-7-15-23(24)22-13-5-2-6-14-22/h1-8,10-11,13-16H,9,12,17-20H2,(H,28,30)(H,29,31). The fourth-order valence-electron chi connectivity index (χ4n) is 3.22. The van der Waals surface area contributed by atoms with Crippen LogP contribution in [0.1, 0.15) is 24.8 Å². The van der Waals surface area contributed by atoms with Crippen LogP contribution in [-0.2, 0) is 25.5 Å². The van der Waals surface area contributed by atoms with Gasteiger partial charge < -0.3 is 9.47 Å². The molecule has 0 bridgehead atoms. The SMILES string of the molecule is O=C(CCC(=O)OCCCc1ccccc1)NNC(=O)COc1ccccc1-c1ccccc1. The molecule has 0 unspecified atom stereocenters. The summed E-state index contributed by atoms with van der Waals surface area (Å²) in [5.41, 5.74) is 7.59. The van der Waals surface area contributed by atoms with Crippen molar-refractivity contribution in [1.29, 1.82) is 0 Å². The third kappa shape index (κ3) is 8.43. The number of para-hydroxylation sites is 1. The monoisotopic (exact) mass is 460 g/mol. The quantitative estimate of drug-likeness (QED) is 0.258. The molecule has 0 saturated carbocycles. The Kier molecular flexibility index (Phi) is 9.68. The molecule has 2 amide bonds. The maximum atomic E-state index is 12.1. The van der Waals surface area contributed by atoms with Gasteiger partial charge in [-0.1, -0.05) is 78.9 Å². The van der Waals surface area contributed by atoms with E-state index in [0.717, 1.165) is 17.5 Å². The van der Waals surface area contributed by atoms with Gasteiger partial charge in [0.1, 0.15) is 5.75 Å². The molecule has 0 aliphatic carbocycles. The fourth-order valence-corrected chi connectivity index (χ4v) is 3.22. The lowest BCUT2D eigenvalue weighted by molar-refractivity contribution is -0.145. The number of carbonyl (C=O) groups is 3. The van der Waals surface area contributed by atoms with Crippen molar-refractivity contribution in [2.75, 3.05) is 13.2 Å². The lowest BCUT2D eigenvalue weighted by atomic mass is 10.1. The highest BCUT2D eigenvalue weighted by atomic mass is 16.5. The Hall–Kier alpha value is -4.13. The van der Waals surface area contributed by atoms with E-state index in [1.165, 1.54) is 5.56 Å². The van der Waals surface area contributed by atoms with Crippen molar-refractivity contribution in [3.8, 4) is 16.9 Å². The second-order valence-electron chi connectivity index (χ2n) is 7.56. The highest BCUT2D eigenvalue weighted by Gasteiger charge is 2.11. The molecule has 0 aliphatic heterocycles. The maximum absolute atomic E-state index is 12.1. The van der Waals surface area contributed by atoms with Gasteiger partial charge in [-0.2, -0.15) is 0 Å². The first-order valence-electron chi connectivity index (χ1n) is 11.2. The number of ether oxygens (including phenoxy) is 2. The Morgan fingerprint density at radius 3 is 2.12 bits per heavy atom. The van der Waals surface area contributed by atoms with E-state index in [1.54, 1.807) is 6.07 Å². The number of benzene rings is 3. The summed E-state index contributed by atoms with van der Waals surface area (Å²) in [6, 6.07) is 27.0. The summed E-state index contributed by atoms with van der Waals surface area (Å²) in [4.78, 5) is 35.8. The van der Waals surface area contributed by atoms with Crippen molar-refractivity contribution in [3.63, 3.8) is 0 Å². The molecule has 3 aromatic rings. The minimum atomic E-state index is -0.514. The first-order chi connectivity index (χ1) is 16.6. The molecule has 0 fully saturated rings. The summed E-state index contributed by atoms with van der Waals surface area (Å²) in [6.45, 7) is 0.0292. The largest absolute Gasteiger partial charge is 0.483 e. The molecule has 3 aromatic carbocycles. The van der Waals surface area contributed by atoms with E-state index in [9.17, 15) is 14.4 Å². The van der Waals surface area contributed by atoms with Crippen molar-refractivity contribution in [1.82, 2.24) is 10.9 Å². The fraction of sp³-hybridized carbons (Fsp3) is 0.222. The third-order valence-electron chi connectivity index (χ3n) is 4.94. The van der Waals surface area contributed by atoms with Crippen LogP contribution in [0.15, 0.2) is 84.9 Å². The third-order valence-corrected chi connectivity index (χ3v) is 4.94. The van der Waals surface area contributed by atoms with Gasteiger partial charge in [0.15, 0.2) is 6.61 Å². The van der Waals surface area contributed by atoms with Gasteiger partial charge in [0.05, 0.1) is 13.0 Å². The normalized spacial score (nSPS) is 10.2. The average molecular weight is 461 g/mol. The Bertz CT molecular complexity index is 1070. The second-order valence-corrected chi connectivity index (χ2v) is 7.56. The van der Waals surface area contributed by atoms with Crippen molar-refractivity contribution in [3.05, 3.63) is 90.5 Å². The van der Waals surface area contributed by atoms with Gasteiger partial charge in [-0.15, -0.1) is 0 Å². The highest BCUT2D eigenvalue weighted by Crippen LogP contribution is 2.29. The number of esters is 1. The number of amides is 2. The Labute approximate surface area is 199 Å². The molecular weight excluding hydrogens is 432 g/mol. The molecule has 0 spiro atoms. The molecule has 0 heterocycles. The van der Waals surface area contributed by atoms with Crippen molar-refractivity contribution in [2.24, 2.45) is 0 Å². The average Bonchev–Trinajstić information content (AvgIpc) is 2.89. The number of hydrogen-bond donors (Lipinski definition) is 2. The van der Waals surface area contributed by atoms with Crippen LogP contribution in [0.5, 0.6) is 5.75 Å². The number of aryl methyl sites for hydroxylation is 1. The van der Waals surface area contributed by atoms with Gasteiger partial charge in [0.2, 0.25) is 5.91 Å². The topological polar surface area (TPSA) is 93.7 Å². The second kappa shape index (κ2) is 13.4. The highest BCUT2D eigenvalue weighted by molar-refractivity contribution is 5.85. The number of hydrazine groups is 1. The van der Waals surface area contributed by atoms with Crippen LogP contribution in [0.2, 0.25) is 0 Å². The van der Waals surface area contributed by atoms with Gasteiger partial charge in [0, 0.05) is 12.0 Å². The van der Waals surface area contributed by atoms with E-state index >= 15 is 0 Å². The summed E-state index contributed by atoms with van der Waals surface area (Å²) in [5.74, 6) is -0.889. The molecule has 0 atom stereocenters. The van der Waals surface area contributed by atoms with Crippen LogP contribution in [0, 0.1) is 0 Å². The van der Waals surface area contributed by atoms with Gasteiger partial charge in [-0.25, -0.2) is 0 Å². The van der Waals surface area contributed by atoms with Crippen LogP contribution in [-0.4, -0.2) is 31.0 Å². The van der Waals surface area contributed by atoms with Gasteiger partial charge in [-0.3, -0.25) is 25.2 Å². The van der Waals surface area contributed by atoms with Gasteiger partial charge in [0.25, 0.3) is 5.91 Å². The van der Waals surface area contributed by atoms with Crippen molar-refractivity contribution >= 4 is 17.8 Å². The first-order valence-corrected chi connectivity index (χ1v) is 11.2. The van der Waals surface area contributed by atoms with Crippen LogP contribution < -0.4 is 15.6 Å². The zero-order valence-electron chi connectivity index (χ0n) is 18.9. The number of nitrogens with one attached hydrogen (secondary N) is 2. The van der Waals surface area contributed by atoms with Crippen LogP contribution in [0.4, 0.5) is 0 Å². The molecular formula is C27H28N2O5. The van der Waals surface area contributed by atoms with Crippen molar-refractivity contribution in [2.45, 2.75) is 25.7 Å². The zero-order valence-corrected chi connectivity index (χ0v) is 18.9. The lowest BCUT2D eigenvalue weighted by Crippen LogP contribution is -2.43. The molecule has 0 aliphatic rings. The molecule has 7 nitrogen and oxygen atoms in total. The molecule has 0 saturated heterocycles. The predicted octanol–water partition coefficient (Wildman–Crippen LogP) is 3.84. The number of rotatable bonds is 11. The molecule has 34 heavy (non-hydrogen) atoms. The summed E-state index contributed by atoms with van der Waals surface area (Å²) < 4.78 is 10.8. The minimum absolute atomic E-state index is 0.0615. The van der Waals surface area contributed by atoms with E-state index in [4.69, 9.17) is 9.47 Å². The first kappa shape index (κ1) is 24.5.